The van der Waals surface area contributed by atoms with E-state index in [9.17, 15) is 23.5 Å². The molecule has 1 aromatic heterocycles. The van der Waals surface area contributed by atoms with Crippen LogP contribution in [0.1, 0.15) is 45.7 Å². The number of aliphatic hydroxyl groups is 1. The first-order valence-corrected chi connectivity index (χ1v) is 10.3. The van der Waals surface area contributed by atoms with Crippen molar-refractivity contribution in [2.75, 3.05) is 18.5 Å². The number of carbonyl (C=O) groups is 2. The van der Waals surface area contributed by atoms with Gasteiger partial charge in [-0.15, -0.1) is 0 Å². The number of piperidine rings is 1. The number of likely N-dealkylation sites (tertiary alicyclic amines) is 1. The number of nitrogens with zero attached hydrogens (tertiary/aromatic N) is 1. The molecule has 0 saturated carbocycles. The number of nitrogens with two attached hydrogens (primary N) is 1. The van der Waals surface area contributed by atoms with E-state index < -0.39 is 29.2 Å². The summed E-state index contributed by atoms with van der Waals surface area (Å²) in [7, 11) is 0. The number of rotatable bonds is 6. The van der Waals surface area contributed by atoms with Crippen LogP contribution in [0, 0.1) is 11.6 Å². The molecule has 1 aliphatic heterocycles. The first-order chi connectivity index (χ1) is 15.4. The van der Waals surface area contributed by atoms with Crippen LogP contribution in [0.3, 0.4) is 0 Å². The highest BCUT2D eigenvalue weighted by atomic mass is 19.1. The quantitative estimate of drug-likeness (QED) is 0.541. The van der Waals surface area contributed by atoms with Gasteiger partial charge < -0.3 is 20.6 Å². The van der Waals surface area contributed by atoms with E-state index >= 15 is 0 Å². The highest BCUT2D eigenvalue weighted by molar-refractivity contribution is 6.14. The van der Waals surface area contributed by atoms with Gasteiger partial charge >= 0.3 is 0 Å². The van der Waals surface area contributed by atoms with E-state index in [1.807, 2.05) is 6.07 Å². The van der Waals surface area contributed by atoms with Crippen molar-refractivity contribution in [1.82, 2.24) is 4.90 Å². The Hall–Kier alpha value is -3.30. The second kappa shape index (κ2) is 9.05. The number of halogens is 2. The molecule has 2 amide bonds. The molecule has 1 unspecified atom stereocenters. The Balaban J connectivity index is 1.61. The van der Waals surface area contributed by atoms with Gasteiger partial charge in [0.05, 0.1) is 12.0 Å². The fourth-order valence-corrected chi connectivity index (χ4v) is 4.13. The van der Waals surface area contributed by atoms with Crippen LogP contribution in [-0.2, 0) is 6.54 Å². The lowest BCUT2D eigenvalue weighted by Crippen LogP contribution is -2.41. The number of hydrogen-bond donors (Lipinski definition) is 3. The van der Waals surface area contributed by atoms with E-state index in [0.29, 0.717) is 18.2 Å². The maximum Gasteiger partial charge on any atom is 0.286 e. The van der Waals surface area contributed by atoms with Crippen LogP contribution in [0.15, 0.2) is 40.8 Å². The van der Waals surface area contributed by atoms with Gasteiger partial charge in [-0.1, -0.05) is 18.6 Å². The summed E-state index contributed by atoms with van der Waals surface area (Å²) in [5, 5.41) is 12.0. The van der Waals surface area contributed by atoms with Crippen LogP contribution >= 0.6 is 0 Å². The molecule has 1 fully saturated rings. The zero-order chi connectivity index (χ0) is 22.8. The van der Waals surface area contributed by atoms with Gasteiger partial charge in [-0.2, -0.15) is 0 Å². The number of fused-ring (bicyclic) bond motifs is 1. The third kappa shape index (κ3) is 4.35. The van der Waals surface area contributed by atoms with Crippen molar-refractivity contribution in [1.29, 1.82) is 0 Å². The summed E-state index contributed by atoms with van der Waals surface area (Å²) in [5.41, 5.74) is 5.93. The Morgan fingerprint density at radius 3 is 2.78 bits per heavy atom. The Morgan fingerprint density at radius 2 is 2.03 bits per heavy atom. The average molecular weight is 443 g/mol. The molecule has 1 saturated heterocycles. The molecule has 0 bridgehead atoms. The van der Waals surface area contributed by atoms with Gasteiger partial charge in [0.1, 0.15) is 11.5 Å². The van der Waals surface area contributed by atoms with Crippen molar-refractivity contribution in [3.8, 4) is 0 Å². The van der Waals surface area contributed by atoms with E-state index in [-0.39, 0.29) is 29.3 Å². The summed E-state index contributed by atoms with van der Waals surface area (Å²) >= 11 is 0. The van der Waals surface area contributed by atoms with Crippen molar-refractivity contribution in [3.63, 3.8) is 0 Å². The van der Waals surface area contributed by atoms with Gasteiger partial charge in [0.15, 0.2) is 11.4 Å². The first kappa shape index (κ1) is 21.9. The number of primary amides is 1. The fourth-order valence-electron chi connectivity index (χ4n) is 4.13. The van der Waals surface area contributed by atoms with E-state index in [1.54, 1.807) is 18.2 Å². The highest BCUT2D eigenvalue weighted by Crippen LogP contribution is 2.33. The normalized spacial score (nSPS) is 16.9. The third-order valence-electron chi connectivity index (χ3n) is 5.71. The summed E-state index contributed by atoms with van der Waals surface area (Å²) in [5.74, 6) is -3.97. The second-order valence-electron chi connectivity index (χ2n) is 7.89. The molecule has 7 nitrogen and oxygen atoms in total. The molecule has 0 radical (unpaired) electrons. The fraction of sp³-hybridized carbons (Fsp3) is 0.304. The number of furan rings is 1. The zero-order valence-electron chi connectivity index (χ0n) is 17.2. The Bertz CT molecular complexity index is 1180. The minimum Gasteiger partial charge on any atom is -0.446 e. The lowest BCUT2D eigenvalue weighted by Gasteiger charge is -2.34. The molecule has 168 valence electrons. The summed E-state index contributed by atoms with van der Waals surface area (Å²) in [6, 6.07) is 8.56. The number of benzene rings is 2. The van der Waals surface area contributed by atoms with E-state index in [4.69, 9.17) is 10.2 Å². The third-order valence-corrected chi connectivity index (χ3v) is 5.71. The Labute approximate surface area is 182 Å². The molecule has 0 spiro atoms. The highest BCUT2D eigenvalue weighted by Gasteiger charge is 2.25. The van der Waals surface area contributed by atoms with Crippen LogP contribution in [0.5, 0.6) is 0 Å². The van der Waals surface area contributed by atoms with E-state index in [2.05, 4.69) is 10.2 Å². The number of carbonyl (C=O) groups excluding carboxylic acids is 2. The lowest BCUT2D eigenvalue weighted by atomic mass is 10.0. The van der Waals surface area contributed by atoms with Crippen molar-refractivity contribution in [2.24, 2.45) is 5.73 Å². The number of aliphatic hydroxyl groups excluding tert-OH is 1. The molecule has 4 rings (SSSR count). The van der Waals surface area contributed by atoms with Crippen LogP contribution in [0.2, 0.25) is 0 Å². The summed E-state index contributed by atoms with van der Waals surface area (Å²) in [4.78, 5) is 26.9. The Morgan fingerprint density at radius 1 is 1.22 bits per heavy atom. The van der Waals surface area contributed by atoms with Crippen LogP contribution < -0.4 is 11.1 Å². The van der Waals surface area contributed by atoms with Crippen molar-refractivity contribution in [3.05, 3.63) is 64.9 Å². The molecule has 4 N–H and O–H groups in total. The van der Waals surface area contributed by atoms with Gasteiger partial charge in [-0.05, 0) is 43.1 Å². The van der Waals surface area contributed by atoms with Crippen LogP contribution in [0.25, 0.3) is 11.0 Å². The lowest BCUT2D eigenvalue weighted by molar-refractivity contribution is 0.0840. The molecular formula is C23H23F2N3O4. The smallest absolute Gasteiger partial charge is 0.286 e. The summed E-state index contributed by atoms with van der Waals surface area (Å²) < 4.78 is 33.0. The number of hydrogen-bond acceptors (Lipinski definition) is 5. The topological polar surface area (TPSA) is 109 Å². The molecule has 1 aliphatic rings. The monoisotopic (exact) mass is 443 g/mol. The minimum atomic E-state index is -1.02. The van der Waals surface area contributed by atoms with E-state index in [1.165, 1.54) is 0 Å². The number of nitrogens with one attached hydrogen (secondary N) is 1. The second-order valence-corrected chi connectivity index (χ2v) is 7.89. The number of amides is 2. The van der Waals surface area contributed by atoms with Crippen molar-refractivity contribution in [2.45, 2.75) is 31.8 Å². The minimum absolute atomic E-state index is 0.0801. The predicted octanol–water partition coefficient (Wildman–Crippen LogP) is 3.41. The number of anilines is 1. The predicted molar refractivity (Wildman–Crippen MR) is 114 cm³/mol. The molecule has 2 heterocycles. The standard InChI is InChI=1S/C23H23F2N3O4/c24-15-9-17-19(21(22(26)30)32-20(17)18(25)10-15)27-23(31)14-5-3-4-13(8-14)11-28-7-2-1-6-16(28)12-29/h3-5,8-10,16,29H,1-2,6-7,11-12H2,(H2,26,30)(H,27,31). The summed E-state index contributed by atoms with van der Waals surface area (Å²) in [6.07, 6.45) is 3.05. The van der Waals surface area contributed by atoms with E-state index in [0.717, 1.165) is 37.4 Å². The molecule has 0 aliphatic carbocycles. The summed E-state index contributed by atoms with van der Waals surface area (Å²) in [6.45, 7) is 1.52. The average Bonchev–Trinajstić information content (AvgIpc) is 3.13. The van der Waals surface area contributed by atoms with Crippen LogP contribution in [0.4, 0.5) is 14.5 Å². The molecule has 9 heteroatoms. The van der Waals surface area contributed by atoms with Crippen molar-refractivity contribution >= 4 is 28.5 Å². The SMILES string of the molecule is NC(=O)c1oc2c(F)cc(F)cc2c1NC(=O)c1cccc(CN2CCCCC2CO)c1. The molecule has 32 heavy (non-hydrogen) atoms. The van der Waals surface area contributed by atoms with Crippen LogP contribution in [-0.4, -0.2) is 41.0 Å². The largest absolute Gasteiger partial charge is 0.446 e. The molecular weight excluding hydrogens is 420 g/mol. The Kier molecular flexibility index (Phi) is 6.20. The maximum absolute atomic E-state index is 14.1. The van der Waals surface area contributed by atoms with Gasteiger partial charge in [0.2, 0.25) is 5.76 Å². The molecule has 2 aromatic carbocycles. The van der Waals surface area contributed by atoms with Crippen molar-refractivity contribution < 1.29 is 27.9 Å². The van der Waals surface area contributed by atoms with Gasteiger partial charge in [-0.3, -0.25) is 14.5 Å². The zero-order valence-corrected chi connectivity index (χ0v) is 17.2. The molecule has 3 aromatic rings. The van der Waals surface area contributed by atoms with Gasteiger partial charge in [0.25, 0.3) is 11.8 Å². The maximum atomic E-state index is 14.1. The first-order valence-electron chi connectivity index (χ1n) is 10.3. The van der Waals surface area contributed by atoms with Gasteiger partial charge in [-0.25, -0.2) is 8.78 Å². The molecule has 1 atom stereocenters. The van der Waals surface area contributed by atoms with Gasteiger partial charge in [0, 0.05) is 24.2 Å².